The van der Waals surface area contributed by atoms with E-state index in [1.54, 1.807) is 17.6 Å². The highest BCUT2D eigenvalue weighted by Crippen LogP contribution is 2.26. The van der Waals surface area contributed by atoms with Gasteiger partial charge in [0.1, 0.15) is 0 Å². The van der Waals surface area contributed by atoms with E-state index in [1.165, 1.54) is 12.8 Å². The Balaban J connectivity index is 1.58. The molecule has 1 amide bonds. The number of hydrogen-bond acceptors (Lipinski definition) is 6. The first kappa shape index (κ1) is 17.1. The summed E-state index contributed by atoms with van der Waals surface area (Å²) in [6.45, 7) is 2.95. The molecule has 3 heterocycles. The molecule has 1 atom stereocenters. The van der Waals surface area contributed by atoms with Gasteiger partial charge in [0.2, 0.25) is 5.91 Å². The average molecular weight is 348 g/mol. The van der Waals surface area contributed by atoms with Crippen LogP contribution in [0.25, 0.3) is 10.8 Å². The van der Waals surface area contributed by atoms with Crippen LogP contribution in [-0.2, 0) is 11.3 Å². The van der Waals surface area contributed by atoms with Crippen molar-refractivity contribution in [3.63, 3.8) is 0 Å². The highest BCUT2D eigenvalue weighted by atomic mass is 32.1. The van der Waals surface area contributed by atoms with Crippen molar-refractivity contribution < 1.29 is 9.21 Å². The number of amides is 1. The molecule has 6 nitrogen and oxygen atoms in total. The van der Waals surface area contributed by atoms with Gasteiger partial charge in [-0.15, -0.1) is 11.3 Å². The number of nitrogens with zero attached hydrogens (tertiary/aromatic N) is 2. The lowest BCUT2D eigenvalue weighted by atomic mass is 10.0. The Hall–Kier alpha value is -1.70. The van der Waals surface area contributed by atoms with Crippen LogP contribution in [0.1, 0.15) is 31.4 Å². The number of thiazole rings is 1. The van der Waals surface area contributed by atoms with Gasteiger partial charge in [0.25, 0.3) is 0 Å². The summed E-state index contributed by atoms with van der Waals surface area (Å²) in [4.78, 5) is 18.8. The van der Waals surface area contributed by atoms with Crippen molar-refractivity contribution in [1.29, 1.82) is 0 Å². The molecule has 2 aromatic heterocycles. The largest absolute Gasteiger partial charge is 0.462 e. The summed E-state index contributed by atoms with van der Waals surface area (Å²) in [5.41, 5.74) is 6.49. The van der Waals surface area contributed by atoms with Crippen molar-refractivity contribution in [2.75, 3.05) is 19.6 Å². The first-order valence-corrected chi connectivity index (χ1v) is 9.33. The van der Waals surface area contributed by atoms with E-state index in [2.05, 4.69) is 20.6 Å². The van der Waals surface area contributed by atoms with Crippen molar-refractivity contribution in [2.45, 2.75) is 38.3 Å². The SMILES string of the molecule is NCCC(=O)NCC1CCCCN1Cc1csc(-c2ccco2)n1. The van der Waals surface area contributed by atoms with E-state index in [9.17, 15) is 4.79 Å². The second kappa shape index (κ2) is 8.41. The van der Waals surface area contributed by atoms with Gasteiger partial charge in [-0.25, -0.2) is 4.98 Å². The van der Waals surface area contributed by atoms with Crippen LogP contribution in [0.15, 0.2) is 28.2 Å². The number of furan rings is 1. The van der Waals surface area contributed by atoms with Gasteiger partial charge in [0, 0.05) is 37.5 Å². The van der Waals surface area contributed by atoms with Crippen LogP contribution in [-0.4, -0.2) is 41.5 Å². The standard InChI is InChI=1S/C17H24N4O2S/c18-7-6-16(22)19-10-14-4-1-2-8-21(14)11-13-12-24-17(20-13)15-5-3-9-23-15/h3,5,9,12,14H,1-2,4,6-8,10-11,18H2,(H,19,22). The van der Waals surface area contributed by atoms with E-state index >= 15 is 0 Å². The van der Waals surface area contributed by atoms with Crippen LogP contribution < -0.4 is 11.1 Å². The Morgan fingerprint density at radius 3 is 3.21 bits per heavy atom. The third-order valence-electron chi connectivity index (χ3n) is 4.30. The molecule has 130 valence electrons. The molecule has 0 spiro atoms. The summed E-state index contributed by atoms with van der Waals surface area (Å²) >= 11 is 1.61. The maximum Gasteiger partial charge on any atom is 0.221 e. The molecule has 1 aliphatic rings. The molecule has 7 heteroatoms. The molecule has 1 aliphatic heterocycles. The van der Waals surface area contributed by atoms with Crippen molar-refractivity contribution >= 4 is 17.2 Å². The number of carbonyl (C=O) groups excluding carboxylic acids is 1. The molecule has 0 bridgehead atoms. The first-order valence-electron chi connectivity index (χ1n) is 8.45. The smallest absolute Gasteiger partial charge is 0.221 e. The maximum atomic E-state index is 11.7. The zero-order chi connectivity index (χ0) is 16.8. The van der Waals surface area contributed by atoms with Crippen LogP contribution in [0.5, 0.6) is 0 Å². The normalized spacial score (nSPS) is 18.6. The van der Waals surface area contributed by atoms with Crippen LogP contribution >= 0.6 is 11.3 Å². The van der Waals surface area contributed by atoms with E-state index in [1.807, 2.05) is 12.1 Å². The van der Waals surface area contributed by atoms with Crippen molar-refractivity contribution in [2.24, 2.45) is 5.73 Å². The van der Waals surface area contributed by atoms with E-state index in [4.69, 9.17) is 10.2 Å². The monoisotopic (exact) mass is 348 g/mol. The number of nitrogens with two attached hydrogens (primary N) is 1. The van der Waals surface area contributed by atoms with Crippen molar-refractivity contribution in [3.05, 3.63) is 29.5 Å². The van der Waals surface area contributed by atoms with Gasteiger partial charge in [-0.3, -0.25) is 9.69 Å². The summed E-state index contributed by atoms with van der Waals surface area (Å²) in [7, 11) is 0. The van der Waals surface area contributed by atoms with Crippen molar-refractivity contribution in [1.82, 2.24) is 15.2 Å². The zero-order valence-corrected chi connectivity index (χ0v) is 14.6. The fourth-order valence-electron chi connectivity index (χ4n) is 3.05. The molecule has 1 unspecified atom stereocenters. The molecule has 0 aliphatic carbocycles. The maximum absolute atomic E-state index is 11.7. The summed E-state index contributed by atoms with van der Waals surface area (Å²) in [5, 5.41) is 6.01. The quantitative estimate of drug-likeness (QED) is 0.801. The van der Waals surface area contributed by atoms with E-state index in [-0.39, 0.29) is 5.91 Å². The molecule has 0 saturated carbocycles. The van der Waals surface area contributed by atoms with Gasteiger partial charge in [0.05, 0.1) is 12.0 Å². The van der Waals surface area contributed by atoms with E-state index in [0.29, 0.717) is 25.6 Å². The Morgan fingerprint density at radius 1 is 1.50 bits per heavy atom. The van der Waals surface area contributed by atoms with Gasteiger partial charge in [-0.1, -0.05) is 6.42 Å². The van der Waals surface area contributed by atoms with Gasteiger partial charge in [-0.2, -0.15) is 0 Å². The van der Waals surface area contributed by atoms with Gasteiger partial charge >= 0.3 is 0 Å². The van der Waals surface area contributed by atoms with Gasteiger partial charge in [0.15, 0.2) is 10.8 Å². The zero-order valence-electron chi connectivity index (χ0n) is 13.7. The molecular formula is C17H24N4O2S. The number of nitrogens with one attached hydrogen (secondary N) is 1. The van der Waals surface area contributed by atoms with Crippen LogP contribution in [0.4, 0.5) is 0 Å². The molecule has 3 N–H and O–H groups in total. The Kier molecular flexibility index (Phi) is 6.01. The lowest BCUT2D eigenvalue weighted by Gasteiger charge is -2.35. The minimum atomic E-state index is 0.0387. The molecule has 3 rings (SSSR count). The number of rotatable bonds is 7. The lowest BCUT2D eigenvalue weighted by Crippen LogP contribution is -2.46. The summed E-state index contributed by atoms with van der Waals surface area (Å²) in [6.07, 6.45) is 5.58. The number of piperidine rings is 1. The number of aromatic nitrogens is 1. The Morgan fingerprint density at radius 2 is 2.42 bits per heavy atom. The average Bonchev–Trinajstić information content (AvgIpc) is 3.25. The second-order valence-electron chi connectivity index (χ2n) is 6.08. The molecule has 2 aromatic rings. The molecule has 24 heavy (non-hydrogen) atoms. The summed E-state index contributed by atoms with van der Waals surface area (Å²) in [6, 6.07) is 4.18. The predicted molar refractivity (Wildman–Crippen MR) is 94.5 cm³/mol. The highest BCUT2D eigenvalue weighted by molar-refractivity contribution is 7.13. The minimum Gasteiger partial charge on any atom is -0.462 e. The lowest BCUT2D eigenvalue weighted by molar-refractivity contribution is -0.121. The fourth-order valence-corrected chi connectivity index (χ4v) is 3.83. The van der Waals surface area contributed by atoms with Crippen molar-refractivity contribution in [3.8, 4) is 10.8 Å². The Bertz CT molecular complexity index is 641. The Labute approximate surface area is 146 Å². The molecule has 1 fully saturated rings. The summed E-state index contributed by atoms with van der Waals surface area (Å²) < 4.78 is 5.41. The molecule has 1 saturated heterocycles. The number of hydrogen-bond donors (Lipinski definition) is 2. The number of carbonyl (C=O) groups is 1. The number of likely N-dealkylation sites (tertiary alicyclic amines) is 1. The van der Waals surface area contributed by atoms with Gasteiger partial charge in [-0.05, 0) is 31.5 Å². The van der Waals surface area contributed by atoms with Crippen LogP contribution in [0.2, 0.25) is 0 Å². The van der Waals surface area contributed by atoms with E-state index in [0.717, 1.165) is 36.0 Å². The van der Waals surface area contributed by atoms with Crippen LogP contribution in [0, 0.1) is 0 Å². The topological polar surface area (TPSA) is 84.4 Å². The second-order valence-corrected chi connectivity index (χ2v) is 6.94. The molecule has 0 radical (unpaired) electrons. The van der Waals surface area contributed by atoms with Gasteiger partial charge < -0.3 is 15.5 Å². The third-order valence-corrected chi connectivity index (χ3v) is 5.21. The first-order chi connectivity index (χ1) is 11.8. The fraction of sp³-hybridized carbons (Fsp3) is 0.529. The van der Waals surface area contributed by atoms with E-state index < -0.39 is 0 Å². The third kappa shape index (κ3) is 4.43. The highest BCUT2D eigenvalue weighted by Gasteiger charge is 2.23. The minimum absolute atomic E-state index is 0.0387. The summed E-state index contributed by atoms with van der Waals surface area (Å²) in [5.74, 6) is 0.854. The molecular weight excluding hydrogens is 324 g/mol. The predicted octanol–water partition coefficient (Wildman–Crippen LogP) is 2.22. The molecule has 0 aromatic carbocycles. The van der Waals surface area contributed by atoms with Crippen LogP contribution in [0.3, 0.4) is 0 Å².